The van der Waals surface area contributed by atoms with Gasteiger partial charge in [-0.05, 0) is 56.0 Å². The van der Waals surface area contributed by atoms with Crippen LogP contribution in [0.1, 0.15) is 41.6 Å². The summed E-state index contributed by atoms with van der Waals surface area (Å²) in [5, 5.41) is 5.92. The van der Waals surface area contributed by atoms with Crippen molar-refractivity contribution in [1.29, 1.82) is 0 Å². The van der Waals surface area contributed by atoms with E-state index in [-0.39, 0.29) is 23.8 Å². The van der Waals surface area contributed by atoms with Crippen LogP contribution in [0, 0.1) is 12.8 Å². The molecule has 0 saturated heterocycles. The van der Waals surface area contributed by atoms with Crippen LogP contribution in [0.15, 0.2) is 48.5 Å². The van der Waals surface area contributed by atoms with Crippen molar-refractivity contribution in [3.8, 4) is 0 Å². The summed E-state index contributed by atoms with van der Waals surface area (Å²) in [6.07, 6.45) is 3.59. The fourth-order valence-electron chi connectivity index (χ4n) is 3.39. The molecule has 1 aliphatic rings. The number of hydrogen-bond donors (Lipinski definition) is 3. The van der Waals surface area contributed by atoms with Crippen LogP contribution in [-0.2, 0) is 4.79 Å². The van der Waals surface area contributed by atoms with E-state index in [1.807, 2.05) is 43.3 Å². The van der Waals surface area contributed by atoms with Gasteiger partial charge in [0.15, 0.2) is 0 Å². The number of carbonyl (C=O) groups excluding carboxylic acids is 2. The van der Waals surface area contributed by atoms with Crippen molar-refractivity contribution in [1.82, 2.24) is 0 Å². The SMILES string of the molecule is Cc1c(NC(=O)c2ccccc2)cccc1NC(=O)C1CCCC(N)C1. The quantitative estimate of drug-likeness (QED) is 0.785. The normalized spacial score (nSPS) is 19.6. The Morgan fingerprint density at radius 1 is 0.962 bits per heavy atom. The van der Waals surface area contributed by atoms with E-state index >= 15 is 0 Å². The van der Waals surface area contributed by atoms with Gasteiger partial charge in [-0.25, -0.2) is 0 Å². The average molecular weight is 351 g/mol. The van der Waals surface area contributed by atoms with Gasteiger partial charge in [-0.3, -0.25) is 9.59 Å². The van der Waals surface area contributed by atoms with Crippen LogP contribution in [0.25, 0.3) is 0 Å². The minimum Gasteiger partial charge on any atom is -0.328 e. The van der Waals surface area contributed by atoms with Crippen molar-refractivity contribution in [2.45, 2.75) is 38.6 Å². The lowest BCUT2D eigenvalue weighted by Crippen LogP contribution is -2.34. The summed E-state index contributed by atoms with van der Waals surface area (Å²) in [5.41, 5.74) is 8.84. The first-order chi connectivity index (χ1) is 12.5. The van der Waals surface area contributed by atoms with Crippen molar-refractivity contribution in [3.63, 3.8) is 0 Å². The van der Waals surface area contributed by atoms with Crippen LogP contribution in [0.4, 0.5) is 11.4 Å². The monoisotopic (exact) mass is 351 g/mol. The van der Waals surface area contributed by atoms with Crippen molar-refractivity contribution in [2.24, 2.45) is 11.7 Å². The predicted molar refractivity (Wildman–Crippen MR) is 104 cm³/mol. The van der Waals surface area contributed by atoms with Crippen LogP contribution in [0.2, 0.25) is 0 Å². The Kier molecular flexibility index (Phi) is 5.68. The maximum atomic E-state index is 12.6. The maximum Gasteiger partial charge on any atom is 0.255 e. The molecule has 2 aromatic rings. The van der Waals surface area contributed by atoms with E-state index < -0.39 is 0 Å². The molecule has 4 N–H and O–H groups in total. The standard InChI is InChI=1S/C21H25N3O2/c1-14-18(23-20(25)15-7-3-2-4-8-15)11-6-12-19(14)24-21(26)16-9-5-10-17(22)13-16/h2-4,6-8,11-12,16-17H,5,9-10,13,22H2,1H3,(H,23,25)(H,24,26). The summed E-state index contributed by atoms with van der Waals surface area (Å²) in [5.74, 6) is -0.203. The molecule has 0 heterocycles. The molecule has 26 heavy (non-hydrogen) atoms. The molecule has 2 amide bonds. The van der Waals surface area contributed by atoms with E-state index in [2.05, 4.69) is 10.6 Å². The number of anilines is 2. The number of amides is 2. The molecule has 0 spiro atoms. The number of nitrogens with one attached hydrogen (secondary N) is 2. The smallest absolute Gasteiger partial charge is 0.255 e. The number of carbonyl (C=O) groups is 2. The van der Waals surface area contributed by atoms with Crippen molar-refractivity contribution in [2.75, 3.05) is 10.6 Å². The molecule has 0 aliphatic heterocycles. The molecule has 2 unspecified atom stereocenters. The lowest BCUT2D eigenvalue weighted by Gasteiger charge is -2.26. The van der Waals surface area contributed by atoms with Gasteiger partial charge in [0.25, 0.3) is 5.91 Å². The fraction of sp³-hybridized carbons (Fsp3) is 0.333. The van der Waals surface area contributed by atoms with Gasteiger partial charge in [-0.2, -0.15) is 0 Å². The summed E-state index contributed by atoms with van der Waals surface area (Å²) >= 11 is 0. The molecule has 3 rings (SSSR count). The Balaban J connectivity index is 1.71. The first-order valence-corrected chi connectivity index (χ1v) is 9.07. The minimum absolute atomic E-state index is 0.00906. The lowest BCUT2D eigenvalue weighted by molar-refractivity contribution is -0.120. The van der Waals surface area contributed by atoms with Crippen LogP contribution in [0.5, 0.6) is 0 Å². The third-order valence-corrected chi connectivity index (χ3v) is 4.96. The van der Waals surface area contributed by atoms with Crippen LogP contribution in [-0.4, -0.2) is 17.9 Å². The Hall–Kier alpha value is -2.66. The van der Waals surface area contributed by atoms with Crippen molar-refractivity contribution < 1.29 is 9.59 Å². The second-order valence-electron chi connectivity index (χ2n) is 6.91. The van der Waals surface area contributed by atoms with Crippen LogP contribution < -0.4 is 16.4 Å². The second kappa shape index (κ2) is 8.15. The highest BCUT2D eigenvalue weighted by Crippen LogP contribution is 2.27. The molecule has 0 aromatic heterocycles. The molecule has 5 nitrogen and oxygen atoms in total. The Labute approximate surface area is 154 Å². The molecule has 136 valence electrons. The van der Waals surface area contributed by atoms with Gasteiger partial charge in [-0.15, -0.1) is 0 Å². The molecule has 2 atom stereocenters. The average Bonchev–Trinajstić information content (AvgIpc) is 2.65. The Bertz CT molecular complexity index is 789. The maximum absolute atomic E-state index is 12.6. The van der Waals surface area contributed by atoms with Gasteiger partial charge in [0.2, 0.25) is 5.91 Å². The minimum atomic E-state index is -0.171. The third kappa shape index (κ3) is 4.29. The molecule has 5 heteroatoms. The molecule has 1 fully saturated rings. The molecule has 1 saturated carbocycles. The molecule has 0 radical (unpaired) electrons. The summed E-state index contributed by atoms with van der Waals surface area (Å²) in [6, 6.07) is 14.7. The van der Waals surface area contributed by atoms with Crippen molar-refractivity contribution >= 4 is 23.2 Å². The van der Waals surface area contributed by atoms with E-state index in [1.165, 1.54) is 0 Å². The van der Waals surface area contributed by atoms with Gasteiger partial charge in [0.05, 0.1) is 0 Å². The fourth-order valence-corrected chi connectivity index (χ4v) is 3.39. The highest BCUT2D eigenvalue weighted by Gasteiger charge is 2.25. The topological polar surface area (TPSA) is 84.2 Å². The molecule has 0 bridgehead atoms. The third-order valence-electron chi connectivity index (χ3n) is 4.96. The molecule has 2 aromatic carbocycles. The van der Waals surface area contributed by atoms with Crippen LogP contribution in [0.3, 0.4) is 0 Å². The summed E-state index contributed by atoms with van der Waals surface area (Å²) in [6.45, 7) is 1.89. The zero-order valence-corrected chi connectivity index (χ0v) is 15.0. The zero-order chi connectivity index (χ0) is 18.5. The summed E-state index contributed by atoms with van der Waals surface area (Å²) < 4.78 is 0. The van der Waals surface area contributed by atoms with Gasteiger partial charge >= 0.3 is 0 Å². The zero-order valence-electron chi connectivity index (χ0n) is 15.0. The van der Waals surface area contributed by atoms with E-state index in [0.717, 1.165) is 36.9 Å². The van der Waals surface area contributed by atoms with E-state index in [4.69, 9.17) is 5.73 Å². The van der Waals surface area contributed by atoms with Crippen molar-refractivity contribution in [3.05, 3.63) is 59.7 Å². The van der Waals surface area contributed by atoms with Crippen LogP contribution >= 0.6 is 0 Å². The highest BCUT2D eigenvalue weighted by molar-refractivity contribution is 6.05. The lowest BCUT2D eigenvalue weighted by atomic mass is 9.85. The molecular weight excluding hydrogens is 326 g/mol. The van der Waals surface area contributed by atoms with Gasteiger partial charge in [0, 0.05) is 28.9 Å². The predicted octanol–water partition coefficient (Wildman–Crippen LogP) is 3.70. The second-order valence-corrected chi connectivity index (χ2v) is 6.91. The Morgan fingerprint density at radius 2 is 1.65 bits per heavy atom. The van der Waals surface area contributed by atoms with E-state index in [0.29, 0.717) is 11.3 Å². The number of hydrogen-bond acceptors (Lipinski definition) is 3. The van der Waals surface area contributed by atoms with Gasteiger partial charge in [0.1, 0.15) is 0 Å². The summed E-state index contributed by atoms with van der Waals surface area (Å²) in [4.78, 5) is 24.9. The highest BCUT2D eigenvalue weighted by atomic mass is 16.2. The van der Waals surface area contributed by atoms with Gasteiger partial charge < -0.3 is 16.4 Å². The number of benzene rings is 2. The Morgan fingerprint density at radius 3 is 2.35 bits per heavy atom. The van der Waals surface area contributed by atoms with E-state index in [9.17, 15) is 9.59 Å². The van der Waals surface area contributed by atoms with Gasteiger partial charge in [-0.1, -0.05) is 30.7 Å². The number of rotatable bonds is 4. The first kappa shape index (κ1) is 18.1. The van der Waals surface area contributed by atoms with E-state index in [1.54, 1.807) is 12.1 Å². The molecule has 1 aliphatic carbocycles. The number of nitrogens with two attached hydrogens (primary N) is 1. The molecular formula is C21H25N3O2. The summed E-state index contributed by atoms with van der Waals surface area (Å²) in [7, 11) is 0. The first-order valence-electron chi connectivity index (χ1n) is 9.07. The largest absolute Gasteiger partial charge is 0.328 e.